The van der Waals surface area contributed by atoms with Crippen LogP contribution in [0.3, 0.4) is 0 Å². The second-order valence-electron chi connectivity index (χ2n) is 10.3. The van der Waals surface area contributed by atoms with Gasteiger partial charge in [-0.1, -0.05) is 41.9 Å². The van der Waals surface area contributed by atoms with Crippen LogP contribution in [0.2, 0.25) is 5.02 Å². The molecule has 6 rings (SSSR count). The fourth-order valence-corrected chi connectivity index (χ4v) is 5.71. The maximum absolute atomic E-state index is 13.7. The van der Waals surface area contributed by atoms with E-state index in [1.54, 1.807) is 52.3 Å². The van der Waals surface area contributed by atoms with Crippen molar-refractivity contribution in [1.29, 1.82) is 0 Å². The van der Waals surface area contributed by atoms with Crippen molar-refractivity contribution >= 4 is 45.0 Å². The zero-order valence-electron chi connectivity index (χ0n) is 22.2. The quantitative estimate of drug-likeness (QED) is 0.314. The number of nitrogens with one attached hydrogen (secondary N) is 1. The molecule has 3 aromatic carbocycles. The average molecular weight is 657 g/mol. The number of fused-ring (bicyclic) bond motifs is 1. The maximum atomic E-state index is 13.7. The lowest BCUT2D eigenvalue weighted by atomic mass is 10.1. The third-order valence-corrected chi connectivity index (χ3v) is 8.69. The lowest BCUT2D eigenvalue weighted by molar-refractivity contribution is -0.0262. The minimum absolute atomic E-state index is 0.0315. The van der Waals surface area contributed by atoms with Crippen LogP contribution in [0.25, 0.3) is 5.69 Å². The van der Waals surface area contributed by atoms with Crippen LogP contribution in [0.5, 0.6) is 0 Å². The van der Waals surface area contributed by atoms with Gasteiger partial charge in [0.25, 0.3) is 17.7 Å². The van der Waals surface area contributed by atoms with Gasteiger partial charge in [0.1, 0.15) is 5.69 Å². The molecule has 0 radical (unpaired) electrons. The predicted molar refractivity (Wildman–Crippen MR) is 159 cm³/mol. The van der Waals surface area contributed by atoms with E-state index >= 15 is 0 Å². The number of hydrogen-bond acceptors (Lipinski definition) is 4. The van der Waals surface area contributed by atoms with Crippen molar-refractivity contribution in [2.45, 2.75) is 25.6 Å². The topological polar surface area (TPSA) is 79.6 Å². The monoisotopic (exact) mass is 655 g/mol. The summed E-state index contributed by atoms with van der Waals surface area (Å²) in [4.78, 5) is 44.0. The van der Waals surface area contributed by atoms with Crippen LogP contribution in [0.1, 0.15) is 32.1 Å². The molecular weight excluding hydrogens is 632 g/mol. The van der Waals surface area contributed by atoms with Gasteiger partial charge in [-0.05, 0) is 64.0 Å². The first-order valence-electron chi connectivity index (χ1n) is 13.3. The Balaban J connectivity index is 1.35. The smallest absolute Gasteiger partial charge is 0.333 e. The molecule has 1 N–H and O–H groups in total. The first kappa shape index (κ1) is 28.2. The van der Waals surface area contributed by atoms with E-state index in [0.717, 1.165) is 5.56 Å². The summed E-state index contributed by atoms with van der Waals surface area (Å²) in [6.07, 6.45) is 0. The lowest BCUT2D eigenvalue weighted by Gasteiger charge is -2.40. The maximum Gasteiger partial charge on any atom is 0.333 e. The van der Waals surface area contributed by atoms with Crippen LogP contribution in [-0.2, 0) is 19.6 Å². The van der Waals surface area contributed by atoms with Gasteiger partial charge in [-0.3, -0.25) is 18.7 Å². The Morgan fingerprint density at radius 3 is 2.31 bits per heavy atom. The minimum atomic E-state index is -2.72. The third kappa shape index (κ3) is 5.34. The van der Waals surface area contributed by atoms with Gasteiger partial charge in [-0.25, -0.2) is 13.6 Å². The Morgan fingerprint density at radius 2 is 1.64 bits per heavy atom. The van der Waals surface area contributed by atoms with Crippen molar-refractivity contribution in [2.24, 2.45) is 0 Å². The van der Waals surface area contributed by atoms with Crippen LogP contribution in [-0.4, -0.2) is 51.4 Å². The number of nitrogens with zero attached hydrogens (tertiary/aromatic N) is 4. The van der Waals surface area contributed by atoms with Crippen molar-refractivity contribution in [3.63, 3.8) is 0 Å². The molecule has 2 amide bonds. The summed E-state index contributed by atoms with van der Waals surface area (Å²) in [5.74, 6) is -3.47. The second-order valence-corrected chi connectivity index (χ2v) is 11.6. The Bertz CT molecular complexity index is 1730. The number of benzene rings is 3. The molecule has 8 nitrogen and oxygen atoms in total. The van der Waals surface area contributed by atoms with Gasteiger partial charge in [0.15, 0.2) is 0 Å². The van der Waals surface area contributed by atoms with E-state index in [-0.39, 0.29) is 50.9 Å². The molecule has 1 saturated heterocycles. The number of carbonyl (C=O) groups excluding carboxylic acids is 2. The molecule has 12 heteroatoms. The number of rotatable bonds is 6. The molecule has 1 aromatic heterocycles. The zero-order valence-corrected chi connectivity index (χ0v) is 24.5. The summed E-state index contributed by atoms with van der Waals surface area (Å²) >= 11 is 9.55. The fourth-order valence-electron chi connectivity index (χ4n) is 5.29. The molecule has 2 aliphatic heterocycles. The number of halogens is 4. The number of imidazole rings is 1. The molecule has 1 fully saturated rings. The molecule has 0 spiro atoms. The van der Waals surface area contributed by atoms with Gasteiger partial charge >= 0.3 is 5.69 Å². The van der Waals surface area contributed by atoms with Crippen LogP contribution in [0.15, 0.2) is 82.1 Å². The molecule has 0 aliphatic carbocycles. The molecule has 0 saturated carbocycles. The SMILES string of the molecule is O=C(NCc1ccccc1)c1c2n(c(=O)n1-c1ccc(N3CC(F)(F)C3)cc1)CCN(C(=O)c1ccc(Br)c(Cl)c1)C2. The van der Waals surface area contributed by atoms with Crippen LogP contribution < -0.4 is 15.9 Å². The molecule has 3 heterocycles. The highest BCUT2D eigenvalue weighted by Gasteiger charge is 2.44. The first-order chi connectivity index (χ1) is 20.1. The Hall–Kier alpha value is -3.96. The van der Waals surface area contributed by atoms with Gasteiger partial charge in [-0.15, -0.1) is 0 Å². The first-order valence-corrected chi connectivity index (χ1v) is 14.4. The minimum Gasteiger partial charge on any atom is -0.359 e. The molecule has 0 bridgehead atoms. The van der Waals surface area contributed by atoms with Crippen LogP contribution in [0, 0.1) is 0 Å². The lowest BCUT2D eigenvalue weighted by Crippen LogP contribution is -2.56. The van der Waals surface area contributed by atoms with Crippen molar-refractivity contribution < 1.29 is 18.4 Å². The molecular formula is C30H25BrClF2N5O3. The number of hydrogen-bond donors (Lipinski definition) is 1. The highest BCUT2D eigenvalue weighted by atomic mass is 79.9. The van der Waals surface area contributed by atoms with Gasteiger partial charge in [0, 0.05) is 35.4 Å². The number of alkyl halides is 2. The van der Waals surface area contributed by atoms with Crippen molar-refractivity contribution in [2.75, 3.05) is 24.5 Å². The third-order valence-electron chi connectivity index (χ3n) is 7.46. The van der Waals surface area contributed by atoms with E-state index in [0.29, 0.717) is 32.1 Å². The van der Waals surface area contributed by atoms with E-state index in [2.05, 4.69) is 21.2 Å². The zero-order chi connectivity index (χ0) is 29.6. The molecule has 216 valence electrons. The van der Waals surface area contributed by atoms with Gasteiger partial charge in [-0.2, -0.15) is 0 Å². The highest BCUT2D eigenvalue weighted by molar-refractivity contribution is 9.10. The van der Waals surface area contributed by atoms with E-state index in [1.165, 1.54) is 9.13 Å². The number of aromatic nitrogens is 2. The standard InChI is InChI=1S/C30H25BrClF2N5O3/c31-23-11-6-20(14-24(23)32)28(41)36-12-13-38-25(16-36)26(27(40)35-15-19-4-2-1-3-5-19)39(29(38)42)22-9-7-21(8-10-22)37-17-30(33,34)18-37/h1-11,14H,12-13,15-18H2,(H,35,40). The average Bonchev–Trinajstić information content (AvgIpc) is 3.27. The summed E-state index contributed by atoms with van der Waals surface area (Å²) in [6.45, 7) is -0.0150. The molecule has 0 atom stereocenters. The summed E-state index contributed by atoms with van der Waals surface area (Å²) < 4.78 is 30.3. The summed E-state index contributed by atoms with van der Waals surface area (Å²) in [5, 5.41) is 3.30. The Labute approximate surface area is 253 Å². The largest absolute Gasteiger partial charge is 0.359 e. The van der Waals surface area contributed by atoms with Crippen molar-refractivity contribution in [3.05, 3.63) is 115 Å². The summed E-state index contributed by atoms with van der Waals surface area (Å²) in [7, 11) is 0. The van der Waals surface area contributed by atoms with Crippen molar-refractivity contribution in [3.8, 4) is 5.69 Å². The van der Waals surface area contributed by atoms with Gasteiger partial charge in [0.2, 0.25) is 0 Å². The van der Waals surface area contributed by atoms with Gasteiger partial charge < -0.3 is 15.1 Å². The Morgan fingerprint density at radius 1 is 0.952 bits per heavy atom. The second kappa shape index (κ2) is 11.0. The Kier molecular flexibility index (Phi) is 7.40. The van der Waals surface area contributed by atoms with E-state index in [1.807, 2.05) is 30.3 Å². The molecule has 4 aromatic rings. The predicted octanol–water partition coefficient (Wildman–Crippen LogP) is 5.10. The number of carbonyl (C=O) groups is 2. The normalized spacial score (nSPS) is 15.6. The van der Waals surface area contributed by atoms with E-state index in [9.17, 15) is 23.2 Å². The number of amides is 2. The molecule has 0 unspecified atom stereocenters. The fraction of sp³-hybridized carbons (Fsp3) is 0.233. The molecule has 2 aliphatic rings. The molecule has 42 heavy (non-hydrogen) atoms. The summed E-state index contributed by atoms with van der Waals surface area (Å²) in [5.41, 5.74) is 2.39. The summed E-state index contributed by atoms with van der Waals surface area (Å²) in [6, 6.07) is 20.9. The van der Waals surface area contributed by atoms with Crippen LogP contribution in [0.4, 0.5) is 14.5 Å². The van der Waals surface area contributed by atoms with E-state index < -0.39 is 17.5 Å². The highest BCUT2D eigenvalue weighted by Crippen LogP contribution is 2.32. The van der Waals surface area contributed by atoms with Crippen LogP contribution >= 0.6 is 27.5 Å². The van der Waals surface area contributed by atoms with Crippen molar-refractivity contribution in [1.82, 2.24) is 19.4 Å². The number of anilines is 1. The van der Waals surface area contributed by atoms with Gasteiger partial charge in [0.05, 0.1) is 36.0 Å². The van der Waals surface area contributed by atoms with E-state index in [4.69, 9.17) is 11.6 Å².